The van der Waals surface area contributed by atoms with E-state index in [1.54, 1.807) is 7.11 Å². The van der Waals surface area contributed by atoms with Crippen LogP contribution in [0, 0.1) is 5.92 Å². The first kappa shape index (κ1) is 25.3. The van der Waals surface area contributed by atoms with Gasteiger partial charge in [-0.1, -0.05) is 44.2 Å². The molecule has 0 bridgehead atoms. The summed E-state index contributed by atoms with van der Waals surface area (Å²) in [6, 6.07) is 16.3. The lowest BCUT2D eigenvalue weighted by molar-refractivity contribution is -0.136. The summed E-state index contributed by atoms with van der Waals surface area (Å²) in [6.07, 6.45) is 4.25. The molecule has 2 saturated heterocycles. The molecule has 7 heteroatoms. The first-order valence-corrected chi connectivity index (χ1v) is 13.3. The van der Waals surface area contributed by atoms with Gasteiger partial charge in [-0.2, -0.15) is 0 Å². The van der Waals surface area contributed by atoms with E-state index in [0.717, 1.165) is 30.9 Å². The van der Waals surface area contributed by atoms with Gasteiger partial charge >= 0.3 is 6.03 Å². The van der Waals surface area contributed by atoms with E-state index in [4.69, 9.17) is 4.74 Å². The van der Waals surface area contributed by atoms with Crippen LogP contribution in [0.15, 0.2) is 54.7 Å². The van der Waals surface area contributed by atoms with Crippen LogP contribution in [0.4, 0.5) is 4.79 Å². The van der Waals surface area contributed by atoms with E-state index in [2.05, 4.69) is 60.8 Å². The van der Waals surface area contributed by atoms with Crippen LogP contribution in [0.2, 0.25) is 0 Å². The summed E-state index contributed by atoms with van der Waals surface area (Å²) in [4.78, 5) is 33.2. The average molecular weight is 503 g/mol. The minimum absolute atomic E-state index is 0.00857. The third-order valence-electron chi connectivity index (χ3n) is 8.01. The van der Waals surface area contributed by atoms with Crippen LogP contribution in [-0.2, 0) is 24.8 Å². The quantitative estimate of drug-likeness (QED) is 0.420. The maximum Gasteiger partial charge on any atom is 0.327 e. The molecule has 1 spiro atoms. The lowest BCUT2D eigenvalue weighted by Gasteiger charge is -2.42. The number of benzene rings is 2. The van der Waals surface area contributed by atoms with Crippen molar-refractivity contribution in [3.8, 4) is 5.75 Å². The summed E-state index contributed by atoms with van der Waals surface area (Å²) in [5.41, 5.74) is 2.93. The number of carbonyl (C=O) groups is 2. The number of fused-ring (bicyclic) bond motifs is 1. The van der Waals surface area contributed by atoms with Gasteiger partial charge in [0.1, 0.15) is 11.3 Å². The van der Waals surface area contributed by atoms with Crippen LogP contribution < -0.4 is 4.74 Å². The van der Waals surface area contributed by atoms with Crippen molar-refractivity contribution in [3.63, 3.8) is 0 Å². The molecule has 0 N–H and O–H groups in total. The molecular weight excluding hydrogens is 464 g/mol. The van der Waals surface area contributed by atoms with Gasteiger partial charge in [0.15, 0.2) is 0 Å². The van der Waals surface area contributed by atoms with Crippen molar-refractivity contribution in [1.29, 1.82) is 0 Å². The molecule has 3 heterocycles. The lowest BCUT2D eigenvalue weighted by Crippen LogP contribution is -2.56. The molecule has 0 saturated carbocycles. The zero-order valence-electron chi connectivity index (χ0n) is 22.4. The number of amides is 3. The highest BCUT2D eigenvalue weighted by molar-refractivity contribution is 6.07. The molecule has 0 atom stereocenters. The van der Waals surface area contributed by atoms with Crippen molar-refractivity contribution in [3.05, 3.63) is 65.9 Å². The van der Waals surface area contributed by atoms with E-state index in [1.807, 2.05) is 29.2 Å². The Balaban J connectivity index is 1.33. The number of rotatable bonds is 8. The third kappa shape index (κ3) is 4.73. The number of nitrogens with zero attached hydrogens (tertiary/aromatic N) is 4. The second kappa shape index (κ2) is 10.2. The average Bonchev–Trinajstić information content (AvgIpc) is 3.31. The minimum atomic E-state index is -0.742. The van der Waals surface area contributed by atoms with Crippen molar-refractivity contribution in [1.82, 2.24) is 19.3 Å². The second-order valence-electron chi connectivity index (χ2n) is 10.9. The minimum Gasteiger partial charge on any atom is -0.497 e. The molecule has 0 unspecified atom stereocenters. The predicted molar refractivity (Wildman–Crippen MR) is 146 cm³/mol. The highest BCUT2D eigenvalue weighted by atomic mass is 16.5. The Bertz CT molecular complexity index is 1270. The number of piperidine rings is 1. The Kier molecular flexibility index (Phi) is 6.99. The largest absolute Gasteiger partial charge is 0.497 e. The van der Waals surface area contributed by atoms with Gasteiger partial charge in [0.25, 0.3) is 5.91 Å². The van der Waals surface area contributed by atoms with E-state index >= 15 is 0 Å². The first-order valence-electron chi connectivity index (χ1n) is 13.3. The predicted octanol–water partition coefficient (Wildman–Crippen LogP) is 4.68. The van der Waals surface area contributed by atoms with E-state index in [0.29, 0.717) is 32.4 Å². The number of imide groups is 1. The van der Waals surface area contributed by atoms with E-state index < -0.39 is 5.54 Å². The van der Waals surface area contributed by atoms with E-state index in [9.17, 15) is 9.59 Å². The number of urea groups is 1. The van der Waals surface area contributed by atoms with Crippen LogP contribution in [0.3, 0.4) is 0 Å². The molecule has 1 aromatic heterocycles. The van der Waals surface area contributed by atoms with Gasteiger partial charge in [-0.3, -0.25) is 14.6 Å². The topological polar surface area (TPSA) is 58.0 Å². The molecular formula is C30H38N4O3. The number of hydrogen-bond acceptors (Lipinski definition) is 4. The van der Waals surface area contributed by atoms with Crippen molar-refractivity contribution in [2.24, 2.45) is 13.0 Å². The summed E-state index contributed by atoms with van der Waals surface area (Å²) < 4.78 is 7.46. The molecule has 2 aromatic carbocycles. The molecule has 5 rings (SSSR count). The van der Waals surface area contributed by atoms with Crippen molar-refractivity contribution < 1.29 is 14.3 Å². The van der Waals surface area contributed by atoms with Gasteiger partial charge in [-0.25, -0.2) is 4.79 Å². The highest BCUT2D eigenvalue weighted by Gasteiger charge is 2.57. The normalized spacial score (nSPS) is 18.1. The van der Waals surface area contributed by atoms with Crippen molar-refractivity contribution in [2.45, 2.75) is 45.2 Å². The van der Waals surface area contributed by atoms with Crippen LogP contribution in [0.5, 0.6) is 5.75 Å². The number of methoxy groups -OCH3 is 1. The summed E-state index contributed by atoms with van der Waals surface area (Å²) in [5, 5.41) is 1.28. The number of carbonyl (C=O) groups excluding carboxylic acids is 2. The maximum absolute atomic E-state index is 13.8. The van der Waals surface area contributed by atoms with Gasteiger partial charge in [0, 0.05) is 56.9 Å². The van der Waals surface area contributed by atoms with Gasteiger partial charge in [0.05, 0.1) is 7.11 Å². The SMILES string of the molecule is COc1ccc(CCN2C(=O)N(CC(C)C)C(=O)C23CCN(Cc2cn(C)c4ccccc24)CC3)cc1. The van der Waals surface area contributed by atoms with Gasteiger partial charge in [-0.15, -0.1) is 0 Å². The van der Waals surface area contributed by atoms with Gasteiger partial charge in [-0.05, 0) is 54.5 Å². The highest BCUT2D eigenvalue weighted by Crippen LogP contribution is 2.38. The second-order valence-corrected chi connectivity index (χ2v) is 10.9. The maximum atomic E-state index is 13.8. The van der Waals surface area contributed by atoms with Crippen LogP contribution in [-0.4, -0.2) is 70.0 Å². The number of likely N-dealkylation sites (tertiary alicyclic amines) is 1. The fourth-order valence-corrected chi connectivity index (χ4v) is 6.01. The van der Waals surface area contributed by atoms with Crippen LogP contribution >= 0.6 is 0 Å². The van der Waals surface area contributed by atoms with Gasteiger partial charge < -0.3 is 14.2 Å². The molecule has 3 amide bonds. The summed E-state index contributed by atoms with van der Waals surface area (Å²) in [6.45, 7) is 7.54. The molecule has 0 aliphatic carbocycles. The molecule has 37 heavy (non-hydrogen) atoms. The zero-order valence-corrected chi connectivity index (χ0v) is 22.4. The molecule has 196 valence electrons. The molecule has 3 aromatic rings. The Morgan fingerprint density at radius 1 is 1.00 bits per heavy atom. The number of ether oxygens (including phenoxy) is 1. The zero-order chi connectivity index (χ0) is 26.2. The van der Waals surface area contributed by atoms with Crippen LogP contribution in [0.1, 0.15) is 37.8 Å². The summed E-state index contributed by atoms with van der Waals surface area (Å²) in [5.74, 6) is 1.04. The van der Waals surface area contributed by atoms with E-state index in [-0.39, 0.29) is 17.9 Å². The molecule has 0 radical (unpaired) electrons. The molecule has 2 aliphatic rings. The molecule has 2 aliphatic heterocycles. The van der Waals surface area contributed by atoms with Crippen LogP contribution in [0.25, 0.3) is 10.9 Å². The Labute approximate surface area is 219 Å². The third-order valence-corrected chi connectivity index (χ3v) is 8.01. The fraction of sp³-hybridized carbons (Fsp3) is 0.467. The summed E-state index contributed by atoms with van der Waals surface area (Å²) in [7, 11) is 3.74. The van der Waals surface area contributed by atoms with Crippen molar-refractivity contribution in [2.75, 3.05) is 33.3 Å². The number of hydrogen-bond donors (Lipinski definition) is 0. The number of aromatic nitrogens is 1. The molecule has 2 fully saturated rings. The fourth-order valence-electron chi connectivity index (χ4n) is 6.01. The smallest absolute Gasteiger partial charge is 0.327 e. The Hall–Kier alpha value is -3.32. The Morgan fingerprint density at radius 3 is 2.38 bits per heavy atom. The number of para-hydroxylation sites is 1. The Morgan fingerprint density at radius 2 is 1.70 bits per heavy atom. The van der Waals surface area contributed by atoms with E-state index in [1.165, 1.54) is 21.4 Å². The standard InChI is InChI=1S/C30H38N4O3/c1-22(2)19-33-28(35)30(34(29(33)36)16-13-23-9-11-25(37-4)12-10-23)14-17-32(18-15-30)21-24-20-31(3)27-8-6-5-7-26(24)27/h5-12,20,22H,13-19,21H2,1-4H3. The van der Waals surface area contributed by atoms with Gasteiger partial charge in [0.2, 0.25) is 0 Å². The van der Waals surface area contributed by atoms with Crippen molar-refractivity contribution >= 4 is 22.8 Å². The summed E-state index contributed by atoms with van der Waals surface area (Å²) >= 11 is 0. The number of aryl methyl sites for hydroxylation is 1. The molecule has 7 nitrogen and oxygen atoms in total. The lowest BCUT2D eigenvalue weighted by atomic mass is 9.85. The monoisotopic (exact) mass is 502 g/mol. The first-order chi connectivity index (χ1) is 17.8.